The molecule has 224 valence electrons. The lowest BCUT2D eigenvalue weighted by molar-refractivity contribution is -0.0429. The molecule has 0 aromatic heterocycles. The highest BCUT2D eigenvalue weighted by atomic mass is 32.2. The molecule has 3 N–H and O–H groups in total. The summed E-state index contributed by atoms with van der Waals surface area (Å²) >= 11 is 3.86. The number of fused-ring (bicyclic) bond motifs is 1. The van der Waals surface area contributed by atoms with Crippen LogP contribution in [-0.2, 0) is 16.2 Å². The van der Waals surface area contributed by atoms with Crippen LogP contribution >= 0.6 is 23.5 Å². The lowest BCUT2D eigenvalue weighted by atomic mass is 10.1. The maximum atomic E-state index is 6.20. The minimum atomic E-state index is -0.130. The van der Waals surface area contributed by atoms with Crippen LogP contribution in [0.3, 0.4) is 0 Å². The monoisotopic (exact) mass is 586 g/mol. The SMILES string of the molecule is CCC(CN1CCOC(C)(SCc2ccccc2)C1)NCCNCC(C)CCNC(C)C.c1ccc2c(c1)CS2. The summed E-state index contributed by atoms with van der Waals surface area (Å²) in [6.45, 7) is 19.5. The summed E-state index contributed by atoms with van der Waals surface area (Å²) in [6.07, 6.45) is 2.39. The summed E-state index contributed by atoms with van der Waals surface area (Å²) in [4.78, 5) is 3.92. The van der Waals surface area contributed by atoms with Crippen molar-refractivity contribution in [3.05, 3.63) is 65.7 Å². The van der Waals surface area contributed by atoms with Gasteiger partial charge >= 0.3 is 0 Å². The van der Waals surface area contributed by atoms with Gasteiger partial charge in [-0.05, 0) is 56.0 Å². The van der Waals surface area contributed by atoms with Crippen LogP contribution in [0.1, 0.15) is 58.6 Å². The van der Waals surface area contributed by atoms with Crippen molar-refractivity contribution in [2.75, 3.05) is 52.4 Å². The van der Waals surface area contributed by atoms with Gasteiger partial charge in [-0.1, -0.05) is 76.2 Å². The van der Waals surface area contributed by atoms with Gasteiger partial charge < -0.3 is 20.7 Å². The standard InChI is InChI=1S/C26H48N4OS.C7H6S/c1-6-25(29-15-14-27-18-23(4)12-13-28-22(2)3)19-30-16-17-31-26(5,21-30)32-20-24-10-8-7-9-11-24;1-2-4-7-6(3-1)5-8-7/h7-11,22-23,25,27-29H,6,12-21H2,1-5H3;1-4H,5H2. The smallest absolute Gasteiger partial charge is 0.123 e. The van der Waals surface area contributed by atoms with Crippen LogP contribution in [0.25, 0.3) is 0 Å². The molecule has 0 bridgehead atoms. The first kappa shape index (κ1) is 33.4. The topological polar surface area (TPSA) is 48.6 Å². The van der Waals surface area contributed by atoms with E-state index in [0.29, 0.717) is 18.0 Å². The number of benzene rings is 2. The van der Waals surface area contributed by atoms with Crippen molar-refractivity contribution in [3.8, 4) is 0 Å². The van der Waals surface area contributed by atoms with E-state index in [-0.39, 0.29) is 4.93 Å². The Morgan fingerprint density at radius 3 is 2.42 bits per heavy atom. The summed E-state index contributed by atoms with van der Waals surface area (Å²) in [5.41, 5.74) is 2.88. The van der Waals surface area contributed by atoms with E-state index < -0.39 is 0 Å². The lowest BCUT2D eigenvalue weighted by Gasteiger charge is -2.41. The maximum absolute atomic E-state index is 6.20. The van der Waals surface area contributed by atoms with Crippen molar-refractivity contribution in [2.45, 2.75) is 80.9 Å². The lowest BCUT2D eigenvalue weighted by Crippen LogP contribution is -2.52. The summed E-state index contributed by atoms with van der Waals surface area (Å²) in [5.74, 6) is 2.93. The Hall–Kier alpha value is -1.06. The fourth-order valence-electron chi connectivity index (χ4n) is 4.90. The third-order valence-electron chi connectivity index (χ3n) is 7.46. The molecule has 0 spiro atoms. The molecule has 3 unspecified atom stereocenters. The summed E-state index contributed by atoms with van der Waals surface area (Å²) in [7, 11) is 0. The first-order valence-electron chi connectivity index (χ1n) is 15.3. The van der Waals surface area contributed by atoms with Gasteiger partial charge in [0.2, 0.25) is 0 Å². The Morgan fingerprint density at radius 2 is 1.77 bits per heavy atom. The Bertz CT molecular complexity index is 924. The number of hydrogen-bond donors (Lipinski definition) is 3. The van der Waals surface area contributed by atoms with Gasteiger partial charge in [0.25, 0.3) is 0 Å². The molecule has 0 aliphatic carbocycles. The van der Waals surface area contributed by atoms with E-state index in [1.807, 2.05) is 23.5 Å². The summed E-state index contributed by atoms with van der Waals surface area (Å²) in [6, 6.07) is 20.4. The van der Waals surface area contributed by atoms with Crippen molar-refractivity contribution in [1.29, 1.82) is 0 Å². The van der Waals surface area contributed by atoms with E-state index in [0.717, 1.165) is 64.6 Å². The Labute approximate surface area is 253 Å². The second-order valence-electron chi connectivity index (χ2n) is 11.7. The van der Waals surface area contributed by atoms with Gasteiger partial charge in [0.1, 0.15) is 4.93 Å². The molecule has 1 fully saturated rings. The van der Waals surface area contributed by atoms with E-state index in [1.165, 1.54) is 28.2 Å². The van der Waals surface area contributed by atoms with Crippen molar-refractivity contribution in [2.24, 2.45) is 5.92 Å². The quantitative estimate of drug-likeness (QED) is 0.201. The molecule has 2 aliphatic rings. The van der Waals surface area contributed by atoms with Crippen LogP contribution in [-0.4, -0.2) is 74.3 Å². The van der Waals surface area contributed by atoms with E-state index in [2.05, 4.69) is 110 Å². The van der Waals surface area contributed by atoms with Gasteiger partial charge in [0, 0.05) is 61.2 Å². The molecule has 2 aliphatic heterocycles. The van der Waals surface area contributed by atoms with Crippen LogP contribution in [0, 0.1) is 5.92 Å². The minimum Gasteiger partial charge on any atom is -0.362 e. The normalized spacial score (nSPS) is 20.2. The van der Waals surface area contributed by atoms with Gasteiger partial charge in [-0.2, -0.15) is 0 Å². The number of thioether (sulfide) groups is 2. The second-order valence-corrected chi connectivity index (χ2v) is 14.1. The molecule has 4 rings (SSSR count). The Balaban J connectivity index is 0.000000463. The number of nitrogens with zero attached hydrogens (tertiary/aromatic N) is 1. The molecule has 3 atom stereocenters. The van der Waals surface area contributed by atoms with Crippen molar-refractivity contribution < 1.29 is 4.74 Å². The van der Waals surface area contributed by atoms with Gasteiger partial charge in [-0.3, -0.25) is 4.90 Å². The molecular weight excluding hydrogens is 533 g/mol. The fourth-order valence-corrected chi connectivity index (χ4v) is 6.82. The first-order chi connectivity index (χ1) is 19.4. The first-order valence-corrected chi connectivity index (χ1v) is 17.3. The molecule has 5 nitrogen and oxygen atoms in total. The van der Waals surface area contributed by atoms with Crippen LogP contribution < -0.4 is 16.0 Å². The molecular formula is C33H54N4OS2. The second kappa shape index (κ2) is 18.5. The maximum Gasteiger partial charge on any atom is 0.123 e. The zero-order chi connectivity index (χ0) is 28.6. The van der Waals surface area contributed by atoms with E-state index in [9.17, 15) is 0 Å². The average molecular weight is 587 g/mol. The fraction of sp³-hybridized carbons (Fsp3) is 0.636. The molecule has 0 saturated carbocycles. The molecule has 0 amide bonds. The highest BCUT2D eigenvalue weighted by Crippen LogP contribution is 2.36. The molecule has 1 saturated heterocycles. The van der Waals surface area contributed by atoms with Crippen molar-refractivity contribution in [3.63, 3.8) is 0 Å². The average Bonchev–Trinajstić information content (AvgIpc) is 2.93. The van der Waals surface area contributed by atoms with Crippen LogP contribution in [0.15, 0.2) is 59.5 Å². The van der Waals surface area contributed by atoms with Crippen molar-refractivity contribution >= 4 is 23.5 Å². The van der Waals surface area contributed by atoms with Gasteiger partial charge in [-0.15, -0.1) is 23.5 Å². The number of rotatable bonds is 16. The van der Waals surface area contributed by atoms with E-state index >= 15 is 0 Å². The highest BCUT2D eigenvalue weighted by Gasteiger charge is 2.33. The number of hydrogen-bond acceptors (Lipinski definition) is 7. The molecule has 2 heterocycles. The predicted octanol–water partition coefficient (Wildman–Crippen LogP) is 6.24. The van der Waals surface area contributed by atoms with Gasteiger partial charge in [0.05, 0.1) is 6.61 Å². The molecule has 2 aromatic rings. The summed E-state index contributed by atoms with van der Waals surface area (Å²) < 4.78 is 6.20. The van der Waals surface area contributed by atoms with Gasteiger partial charge in [-0.25, -0.2) is 0 Å². The largest absolute Gasteiger partial charge is 0.362 e. The van der Waals surface area contributed by atoms with Gasteiger partial charge in [0.15, 0.2) is 0 Å². The zero-order valence-corrected chi connectivity index (χ0v) is 27.2. The Kier molecular flexibility index (Phi) is 15.4. The van der Waals surface area contributed by atoms with Crippen LogP contribution in [0.2, 0.25) is 0 Å². The number of ether oxygens (including phenoxy) is 1. The predicted molar refractivity (Wildman–Crippen MR) is 176 cm³/mol. The number of nitrogens with one attached hydrogen (secondary N) is 3. The third kappa shape index (κ3) is 12.8. The van der Waals surface area contributed by atoms with E-state index in [1.54, 1.807) is 0 Å². The summed E-state index contributed by atoms with van der Waals surface area (Å²) in [5, 5.41) is 10.9. The molecule has 2 aromatic carbocycles. The highest BCUT2D eigenvalue weighted by molar-refractivity contribution is 8.00. The van der Waals surface area contributed by atoms with E-state index in [4.69, 9.17) is 4.74 Å². The third-order valence-corrected chi connectivity index (χ3v) is 9.96. The van der Waals surface area contributed by atoms with Crippen LogP contribution in [0.5, 0.6) is 0 Å². The molecule has 7 heteroatoms. The minimum absolute atomic E-state index is 0.130. The molecule has 0 radical (unpaired) electrons. The zero-order valence-electron chi connectivity index (χ0n) is 25.6. The van der Waals surface area contributed by atoms with Crippen molar-refractivity contribution in [1.82, 2.24) is 20.9 Å². The molecule has 40 heavy (non-hydrogen) atoms. The Morgan fingerprint density at radius 1 is 1.00 bits per heavy atom. The number of morpholine rings is 1. The van der Waals surface area contributed by atoms with Crippen LogP contribution in [0.4, 0.5) is 0 Å².